The lowest BCUT2D eigenvalue weighted by atomic mass is 9.86. The molecular formula is C15H16ClIO. The van der Waals surface area contributed by atoms with Crippen LogP contribution in [0.4, 0.5) is 0 Å². The van der Waals surface area contributed by atoms with Crippen LogP contribution in [0.2, 0.25) is 5.02 Å². The lowest BCUT2D eigenvalue weighted by Crippen LogP contribution is -2.15. The first-order chi connectivity index (χ1) is 8.68. The molecule has 0 spiro atoms. The van der Waals surface area contributed by atoms with E-state index in [2.05, 4.69) is 22.6 Å². The zero-order chi connectivity index (χ0) is 13.0. The van der Waals surface area contributed by atoms with E-state index >= 15 is 0 Å². The van der Waals surface area contributed by atoms with E-state index < -0.39 is 0 Å². The molecule has 0 aliphatic heterocycles. The molecule has 0 atom stereocenters. The van der Waals surface area contributed by atoms with E-state index in [-0.39, 0.29) is 11.7 Å². The van der Waals surface area contributed by atoms with Crippen molar-refractivity contribution in [3.8, 4) is 0 Å². The number of allylic oxidation sites excluding steroid dienone is 1. The molecule has 1 saturated carbocycles. The van der Waals surface area contributed by atoms with Gasteiger partial charge in [0.25, 0.3) is 0 Å². The topological polar surface area (TPSA) is 17.1 Å². The third kappa shape index (κ3) is 3.58. The van der Waals surface area contributed by atoms with Crippen molar-refractivity contribution in [1.29, 1.82) is 0 Å². The van der Waals surface area contributed by atoms with Gasteiger partial charge in [-0.3, -0.25) is 4.79 Å². The average Bonchev–Trinajstić information content (AvgIpc) is 2.39. The average molecular weight is 375 g/mol. The zero-order valence-electron chi connectivity index (χ0n) is 10.2. The Kier molecular flexibility index (Phi) is 5.25. The maximum atomic E-state index is 12.1. The summed E-state index contributed by atoms with van der Waals surface area (Å²) >= 11 is 8.37. The molecule has 0 heterocycles. The molecule has 0 bridgehead atoms. The summed E-state index contributed by atoms with van der Waals surface area (Å²) in [4.78, 5) is 12.1. The summed E-state index contributed by atoms with van der Waals surface area (Å²) in [6.07, 6.45) is 9.31. The van der Waals surface area contributed by atoms with Gasteiger partial charge in [0.2, 0.25) is 0 Å². The first kappa shape index (κ1) is 14.1. The van der Waals surface area contributed by atoms with Crippen molar-refractivity contribution in [2.24, 2.45) is 5.92 Å². The number of ketones is 1. The molecule has 3 heteroatoms. The van der Waals surface area contributed by atoms with Crippen LogP contribution < -0.4 is 0 Å². The van der Waals surface area contributed by atoms with E-state index in [1.807, 2.05) is 24.3 Å². The highest BCUT2D eigenvalue weighted by Crippen LogP contribution is 2.26. The lowest BCUT2D eigenvalue weighted by Gasteiger charge is -2.18. The number of hydrogen-bond donors (Lipinski definition) is 0. The van der Waals surface area contributed by atoms with Crippen molar-refractivity contribution in [2.45, 2.75) is 32.1 Å². The van der Waals surface area contributed by atoms with Gasteiger partial charge in [0, 0.05) is 20.1 Å². The van der Waals surface area contributed by atoms with Gasteiger partial charge in [0.1, 0.15) is 0 Å². The second-order valence-corrected chi connectivity index (χ2v) is 6.28. The normalized spacial score (nSPS) is 17.2. The third-order valence-electron chi connectivity index (χ3n) is 3.42. The van der Waals surface area contributed by atoms with Gasteiger partial charge < -0.3 is 0 Å². The summed E-state index contributed by atoms with van der Waals surface area (Å²) < 4.78 is 1.08. The van der Waals surface area contributed by atoms with Crippen LogP contribution in [0.15, 0.2) is 24.3 Å². The summed E-state index contributed by atoms with van der Waals surface area (Å²) in [6.45, 7) is 0. The van der Waals surface area contributed by atoms with E-state index in [1.165, 1.54) is 19.3 Å². The van der Waals surface area contributed by atoms with Crippen LogP contribution in [-0.4, -0.2) is 5.78 Å². The summed E-state index contributed by atoms with van der Waals surface area (Å²) in [5.74, 6) is 0.487. The number of carbonyl (C=O) groups excluding carboxylic acids is 1. The molecule has 2 rings (SSSR count). The Morgan fingerprint density at radius 3 is 2.67 bits per heavy atom. The van der Waals surface area contributed by atoms with Gasteiger partial charge in [-0.15, -0.1) is 0 Å². The first-order valence-electron chi connectivity index (χ1n) is 6.34. The van der Waals surface area contributed by atoms with Crippen molar-refractivity contribution in [3.63, 3.8) is 0 Å². The maximum absolute atomic E-state index is 12.1. The number of halogens is 2. The highest BCUT2D eigenvalue weighted by molar-refractivity contribution is 14.1. The number of benzene rings is 1. The maximum Gasteiger partial charge on any atom is 0.158 e. The highest BCUT2D eigenvalue weighted by Gasteiger charge is 2.18. The molecule has 18 heavy (non-hydrogen) atoms. The molecule has 0 N–H and O–H groups in total. The van der Waals surface area contributed by atoms with Crippen LogP contribution in [0.3, 0.4) is 0 Å². The van der Waals surface area contributed by atoms with Gasteiger partial charge >= 0.3 is 0 Å². The Labute approximate surface area is 127 Å². The van der Waals surface area contributed by atoms with Crippen LogP contribution in [0.5, 0.6) is 0 Å². The van der Waals surface area contributed by atoms with Crippen molar-refractivity contribution >= 4 is 46.1 Å². The van der Waals surface area contributed by atoms with Crippen LogP contribution in [-0.2, 0) is 4.79 Å². The lowest BCUT2D eigenvalue weighted by molar-refractivity contribution is -0.119. The predicted octanol–water partition coefficient (Wildman–Crippen LogP) is 5.11. The van der Waals surface area contributed by atoms with E-state index in [0.29, 0.717) is 5.02 Å². The van der Waals surface area contributed by atoms with Gasteiger partial charge in [-0.25, -0.2) is 0 Å². The fourth-order valence-corrected chi connectivity index (χ4v) is 3.43. The number of carbonyl (C=O) groups is 1. The van der Waals surface area contributed by atoms with Crippen molar-refractivity contribution < 1.29 is 4.79 Å². The monoisotopic (exact) mass is 374 g/mol. The molecule has 1 aromatic rings. The van der Waals surface area contributed by atoms with E-state index in [9.17, 15) is 4.79 Å². The standard InChI is InChI=1S/C15H16ClIO/c16-13-7-4-8-14(17)12(13)9-10-15(18)11-5-2-1-3-6-11/h4,7-11H,1-3,5-6H2/b10-9+. The predicted molar refractivity (Wildman–Crippen MR) is 84.8 cm³/mol. The van der Waals surface area contributed by atoms with E-state index in [4.69, 9.17) is 11.6 Å². The Hall–Kier alpha value is -0.350. The third-order valence-corrected chi connectivity index (χ3v) is 4.69. The van der Waals surface area contributed by atoms with Gasteiger partial charge in [0.05, 0.1) is 0 Å². The zero-order valence-corrected chi connectivity index (χ0v) is 13.1. The van der Waals surface area contributed by atoms with Crippen LogP contribution >= 0.6 is 34.2 Å². The van der Waals surface area contributed by atoms with Gasteiger partial charge in [-0.2, -0.15) is 0 Å². The minimum Gasteiger partial charge on any atom is -0.295 e. The van der Waals surface area contributed by atoms with Crippen LogP contribution in [0.25, 0.3) is 6.08 Å². The molecule has 1 aliphatic rings. The molecule has 1 fully saturated rings. The Balaban J connectivity index is 2.08. The van der Waals surface area contributed by atoms with Crippen LogP contribution in [0.1, 0.15) is 37.7 Å². The van der Waals surface area contributed by atoms with Crippen molar-refractivity contribution in [1.82, 2.24) is 0 Å². The largest absolute Gasteiger partial charge is 0.295 e. The molecule has 1 aromatic carbocycles. The number of rotatable bonds is 3. The van der Waals surface area contributed by atoms with Gasteiger partial charge in [0.15, 0.2) is 5.78 Å². The molecule has 0 amide bonds. The van der Waals surface area contributed by atoms with Crippen molar-refractivity contribution in [3.05, 3.63) is 38.4 Å². The Bertz CT molecular complexity index is 441. The summed E-state index contributed by atoms with van der Waals surface area (Å²) in [7, 11) is 0. The second kappa shape index (κ2) is 6.71. The molecule has 0 saturated heterocycles. The van der Waals surface area contributed by atoms with Gasteiger partial charge in [-0.05, 0) is 59.7 Å². The van der Waals surface area contributed by atoms with Crippen LogP contribution in [0, 0.1) is 9.49 Å². The molecule has 96 valence electrons. The molecule has 0 aromatic heterocycles. The quantitative estimate of drug-likeness (QED) is 0.531. The van der Waals surface area contributed by atoms with Gasteiger partial charge in [-0.1, -0.05) is 36.9 Å². The highest BCUT2D eigenvalue weighted by atomic mass is 127. The fourth-order valence-electron chi connectivity index (χ4n) is 2.36. The summed E-state index contributed by atoms with van der Waals surface area (Å²) in [5, 5.41) is 0.703. The summed E-state index contributed by atoms with van der Waals surface area (Å²) in [5.41, 5.74) is 0.948. The molecule has 0 radical (unpaired) electrons. The minimum absolute atomic E-state index is 0.232. The second-order valence-electron chi connectivity index (χ2n) is 4.71. The SMILES string of the molecule is O=C(/C=C/c1c(Cl)cccc1I)C1CCCCC1. The molecule has 0 unspecified atom stereocenters. The van der Waals surface area contributed by atoms with Crippen molar-refractivity contribution in [2.75, 3.05) is 0 Å². The number of hydrogen-bond acceptors (Lipinski definition) is 1. The first-order valence-corrected chi connectivity index (χ1v) is 7.80. The molecule has 1 nitrogen and oxygen atoms in total. The Morgan fingerprint density at radius 1 is 1.28 bits per heavy atom. The van der Waals surface area contributed by atoms with E-state index in [1.54, 1.807) is 6.08 Å². The minimum atomic E-state index is 0.232. The Morgan fingerprint density at radius 2 is 2.00 bits per heavy atom. The van der Waals surface area contributed by atoms with E-state index in [0.717, 1.165) is 22.0 Å². The molecule has 1 aliphatic carbocycles. The molecular weight excluding hydrogens is 359 g/mol. The summed E-state index contributed by atoms with van der Waals surface area (Å²) in [6, 6.07) is 5.77. The smallest absolute Gasteiger partial charge is 0.158 e. The fraction of sp³-hybridized carbons (Fsp3) is 0.400.